The summed E-state index contributed by atoms with van der Waals surface area (Å²) in [5.74, 6) is 0.852. The molecular weight excluding hydrogens is 306 g/mol. The fourth-order valence-corrected chi connectivity index (χ4v) is 3.74. The first-order valence-corrected chi connectivity index (χ1v) is 8.60. The van der Waals surface area contributed by atoms with Crippen molar-refractivity contribution in [2.24, 2.45) is 0 Å². The zero-order valence-corrected chi connectivity index (χ0v) is 12.1. The Labute approximate surface area is 107 Å². The van der Waals surface area contributed by atoms with Gasteiger partial charge in [-0.2, -0.15) is 0 Å². The molecule has 1 N–H and O–H groups in total. The van der Waals surface area contributed by atoms with E-state index in [4.69, 9.17) is 9.29 Å². The van der Waals surface area contributed by atoms with Crippen molar-refractivity contribution in [1.29, 1.82) is 0 Å². The topological polar surface area (TPSA) is 29.5 Å². The van der Waals surface area contributed by atoms with Crippen molar-refractivity contribution in [1.82, 2.24) is 0 Å². The Morgan fingerprint density at radius 3 is 2.50 bits per heavy atom. The molecule has 16 heavy (non-hydrogen) atoms. The molecule has 0 aliphatic heterocycles. The monoisotopic (exact) mass is 318 g/mol. The van der Waals surface area contributed by atoms with E-state index in [0.29, 0.717) is 0 Å². The number of aliphatic hydroxyl groups is 1. The van der Waals surface area contributed by atoms with E-state index in [0.717, 1.165) is 10.2 Å². The van der Waals surface area contributed by atoms with E-state index in [2.05, 4.69) is 26.6 Å². The third-order valence-corrected chi connectivity index (χ3v) is 5.03. The molecule has 84 valence electrons. The van der Waals surface area contributed by atoms with Gasteiger partial charge < -0.3 is 0 Å². The van der Waals surface area contributed by atoms with E-state index in [-0.39, 0.29) is 21.1 Å². The van der Waals surface area contributed by atoms with Crippen molar-refractivity contribution < 1.29 is 9.29 Å². The summed E-state index contributed by atoms with van der Waals surface area (Å²) in [5.41, 5.74) is 1.21. The van der Waals surface area contributed by atoms with Crippen molar-refractivity contribution in [2.75, 3.05) is 0 Å². The first kappa shape index (κ1) is 12.2. The number of rotatable bonds is 4. The van der Waals surface area contributed by atoms with Crippen molar-refractivity contribution in [3.63, 3.8) is 0 Å². The van der Waals surface area contributed by atoms with Gasteiger partial charge in [0, 0.05) is 0 Å². The molecule has 0 spiro atoms. The molecule has 0 bridgehead atoms. The van der Waals surface area contributed by atoms with E-state index in [1.54, 1.807) is 0 Å². The van der Waals surface area contributed by atoms with Gasteiger partial charge in [0.1, 0.15) is 0 Å². The van der Waals surface area contributed by atoms with Gasteiger partial charge in [0.25, 0.3) is 0 Å². The maximum atomic E-state index is 9.03. The number of hydrogen-bond acceptors (Lipinski definition) is 3. The molecular formula is C11H11O2PSSe. The Morgan fingerprint density at radius 2 is 1.94 bits per heavy atom. The molecule has 1 aromatic carbocycles. The van der Waals surface area contributed by atoms with Crippen LogP contribution in [0.25, 0.3) is 10.0 Å². The Kier molecular flexibility index (Phi) is 4.51. The molecule has 5 heteroatoms. The van der Waals surface area contributed by atoms with Gasteiger partial charge in [-0.15, -0.1) is 0 Å². The van der Waals surface area contributed by atoms with Crippen LogP contribution in [0.1, 0.15) is 4.44 Å². The molecule has 1 atom stereocenters. The summed E-state index contributed by atoms with van der Waals surface area (Å²) in [6.07, 6.45) is 0. The van der Waals surface area contributed by atoms with Crippen molar-refractivity contribution >= 4 is 34.6 Å². The van der Waals surface area contributed by atoms with Crippen LogP contribution in [-0.4, -0.2) is 19.6 Å². The van der Waals surface area contributed by atoms with Crippen LogP contribution in [0.5, 0.6) is 5.75 Å². The average Bonchev–Trinajstić information content (AvgIpc) is 2.79. The summed E-state index contributed by atoms with van der Waals surface area (Å²) < 4.78 is 7.71. The number of hydrogen-bond donors (Lipinski definition) is 1. The van der Waals surface area contributed by atoms with Gasteiger partial charge in [-0.05, 0) is 0 Å². The summed E-state index contributed by atoms with van der Waals surface area (Å²) >= 11 is 1.53. The number of aliphatic hydroxyl groups excluding tert-OH is 1. The molecule has 0 fully saturated rings. The normalized spacial score (nSPS) is 10.4. The second-order valence-corrected chi connectivity index (χ2v) is 6.52. The van der Waals surface area contributed by atoms with Crippen LogP contribution in [0, 0.1) is 0 Å². The first-order chi connectivity index (χ1) is 7.83. The zero-order valence-electron chi connectivity index (χ0n) is 8.42. The summed E-state index contributed by atoms with van der Waals surface area (Å²) in [7, 11) is 2.45. The Morgan fingerprint density at radius 1 is 1.19 bits per heavy atom. The molecule has 1 unspecified atom stereocenters. The van der Waals surface area contributed by atoms with Gasteiger partial charge >= 0.3 is 107 Å². The molecule has 1 heterocycles. The SMILES string of the molecule is OCc1ccc(-c2ccc(OSP)cc2)[se]1. The van der Waals surface area contributed by atoms with Crippen LogP contribution in [-0.2, 0) is 6.61 Å². The molecule has 2 nitrogen and oxygen atoms in total. The van der Waals surface area contributed by atoms with Gasteiger partial charge in [-0.25, -0.2) is 0 Å². The third kappa shape index (κ3) is 2.91. The summed E-state index contributed by atoms with van der Waals surface area (Å²) in [5, 5.41) is 9.03. The van der Waals surface area contributed by atoms with Gasteiger partial charge in [0.15, 0.2) is 0 Å². The van der Waals surface area contributed by atoms with E-state index in [1.165, 1.54) is 21.7 Å². The predicted molar refractivity (Wildman–Crippen MR) is 72.7 cm³/mol. The quantitative estimate of drug-likeness (QED) is 0.534. The van der Waals surface area contributed by atoms with Crippen LogP contribution in [0.4, 0.5) is 0 Å². The Bertz CT molecular complexity index is 455. The molecule has 0 saturated carbocycles. The molecule has 0 aliphatic carbocycles. The van der Waals surface area contributed by atoms with E-state index in [9.17, 15) is 0 Å². The van der Waals surface area contributed by atoms with E-state index >= 15 is 0 Å². The van der Waals surface area contributed by atoms with Gasteiger partial charge in [-0.3, -0.25) is 0 Å². The van der Waals surface area contributed by atoms with E-state index in [1.807, 2.05) is 18.2 Å². The van der Waals surface area contributed by atoms with Gasteiger partial charge in [0.05, 0.1) is 0 Å². The molecule has 0 saturated heterocycles. The van der Waals surface area contributed by atoms with Crippen LogP contribution in [0.2, 0.25) is 0 Å². The molecule has 2 rings (SSSR count). The summed E-state index contributed by atoms with van der Waals surface area (Å²) in [6, 6.07) is 12.1. The Hall–Kier alpha value is -0.241. The standard InChI is InChI=1S/C11H11O2PSSe/c12-7-10-5-6-11(16-10)8-1-3-9(4-2-8)13-15-14/h1-6,12H,7,14H2. The van der Waals surface area contributed by atoms with Gasteiger partial charge in [0.2, 0.25) is 0 Å². The van der Waals surface area contributed by atoms with E-state index < -0.39 is 0 Å². The molecule has 0 amide bonds. The molecule has 1 aromatic heterocycles. The van der Waals surface area contributed by atoms with Crippen LogP contribution < -0.4 is 4.18 Å². The summed E-state index contributed by atoms with van der Waals surface area (Å²) in [6.45, 7) is 0.172. The fourth-order valence-electron chi connectivity index (χ4n) is 1.35. The average molecular weight is 317 g/mol. The van der Waals surface area contributed by atoms with Crippen LogP contribution >= 0.6 is 20.1 Å². The van der Waals surface area contributed by atoms with Crippen molar-refractivity contribution in [3.8, 4) is 15.8 Å². The number of benzene rings is 1. The third-order valence-electron chi connectivity index (χ3n) is 2.10. The maximum absolute atomic E-state index is 9.03. The molecule has 2 aromatic rings. The fraction of sp³-hybridized carbons (Fsp3) is 0.0909. The minimum atomic E-state index is 0.172. The molecule has 0 aliphatic rings. The summed E-state index contributed by atoms with van der Waals surface area (Å²) in [4.78, 5) is 0. The first-order valence-electron chi connectivity index (χ1n) is 4.67. The zero-order chi connectivity index (χ0) is 11.4. The van der Waals surface area contributed by atoms with Crippen molar-refractivity contribution in [3.05, 3.63) is 40.8 Å². The van der Waals surface area contributed by atoms with Crippen LogP contribution in [0.3, 0.4) is 0 Å². The second-order valence-electron chi connectivity index (χ2n) is 3.13. The molecule has 0 radical (unpaired) electrons. The minimum absolute atomic E-state index is 0.172. The van der Waals surface area contributed by atoms with Crippen molar-refractivity contribution in [2.45, 2.75) is 6.61 Å². The van der Waals surface area contributed by atoms with Gasteiger partial charge in [-0.1, -0.05) is 0 Å². The van der Waals surface area contributed by atoms with Crippen LogP contribution in [0.15, 0.2) is 36.4 Å². The second kappa shape index (κ2) is 5.90. The Balaban J connectivity index is 2.20. The predicted octanol–water partition coefficient (Wildman–Crippen LogP) is 2.72.